The van der Waals surface area contributed by atoms with Crippen molar-refractivity contribution in [3.63, 3.8) is 0 Å². The molecule has 3 aliphatic heterocycles. The first-order chi connectivity index (χ1) is 22.3. The highest BCUT2D eigenvalue weighted by molar-refractivity contribution is 6.02. The van der Waals surface area contributed by atoms with Crippen LogP contribution in [-0.4, -0.2) is 112 Å². The van der Waals surface area contributed by atoms with Crippen LogP contribution in [0.5, 0.6) is 5.75 Å². The number of ether oxygens (including phenoxy) is 3. The summed E-state index contributed by atoms with van der Waals surface area (Å²) >= 11 is 0. The Labute approximate surface area is 270 Å². The summed E-state index contributed by atoms with van der Waals surface area (Å²) in [6.45, 7) is 9.66. The maximum Gasteiger partial charge on any atom is 0.265 e. The molecule has 0 aromatic heterocycles. The fourth-order valence-corrected chi connectivity index (χ4v) is 6.21. The zero-order valence-electron chi connectivity index (χ0n) is 26.9. The van der Waals surface area contributed by atoms with Gasteiger partial charge < -0.3 is 24.0 Å². The van der Waals surface area contributed by atoms with Crippen molar-refractivity contribution < 1.29 is 28.6 Å². The second kappa shape index (κ2) is 14.0. The van der Waals surface area contributed by atoms with E-state index in [9.17, 15) is 14.4 Å². The van der Waals surface area contributed by atoms with Crippen molar-refractivity contribution in [1.29, 1.82) is 0 Å². The third kappa shape index (κ3) is 6.94. The van der Waals surface area contributed by atoms with E-state index in [0.717, 1.165) is 40.9 Å². The van der Waals surface area contributed by atoms with E-state index in [0.29, 0.717) is 63.1 Å². The number of anilines is 1. The monoisotopic (exact) mass is 626 g/mol. The third-order valence-electron chi connectivity index (χ3n) is 9.24. The van der Waals surface area contributed by atoms with Gasteiger partial charge in [-0.1, -0.05) is 36.4 Å². The number of carbonyl (C=O) groups excluding carboxylic acids is 3. The fraction of sp³-hybridized carbons (Fsp3) is 0.417. The SMILES string of the molecule is Cc1cc2c(cc1C)N(CC(=O)N(C)C(CN1CCOCC1)c1ccc(-c3cccc(C(=O)N4CCOCC4)c3)cc1)C(=O)CO2. The van der Waals surface area contributed by atoms with Crippen molar-refractivity contribution >= 4 is 23.4 Å². The molecule has 242 valence electrons. The molecule has 3 aromatic rings. The van der Waals surface area contributed by atoms with Crippen LogP contribution in [-0.2, 0) is 19.1 Å². The molecule has 0 saturated carbocycles. The number of hydrogen-bond donors (Lipinski definition) is 0. The first-order valence-corrected chi connectivity index (χ1v) is 16.0. The molecule has 10 nitrogen and oxygen atoms in total. The Hall–Kier alpha value is -4.25. The smallest absolute Gasteiger partial charge is 0.265 e. The van der Waals surface area contributed by atoms with Crippen LogP contribution < -0.4 is 9.64 Å². The Bertz CT molecular complexity index is 1580. The number of aryl methyl sites for hydroxylation is 2. The van der Waals surface area contributed by atoms with E-state index < -0.39 is 0 Å². The molecule has 0 spiro atoms. The lowest BCUT2D eigenvalue weighted by Crippen LogP contribution is -2.48. The molecule has 10 heteroatoms. The zero-order chi connectivity index (χ0) is 32.2. The average molecular weight is 627 g/mol. The molecule has 0 bridgehead atoms. The molecule has 46 heavy (non-hydrogen) atoms. The number of likely N-dealkylation sites (N-methyl/N-ethyl adjacent to an activating group) is 1. The second-order valence-corrected chi connectivity index (χ2v) is 12.2. The molecule has 0 aliphatic carbocycles. The van der Waals surface area contributed by atoms with Crippen molar-refractivity contribution in [3.05, 3.63) is 82.9 Å². The minimum absolute atomic E-state index is 0.0131. The molecule has 3 aromatic carbocycles. The van der Waals surface area contributed by atoms with Crippen LogP contribution in [0.25, 0.3) is 11.1 Å². The Morgan fingerprint density at radius 3 is 2.24 bits per heavy atom. The van der Waals surface area contributed by atoms with E-state index in [2.05, 4.69) is 17.0 Å². The van der Waals surface area contributed by atoms with Gasteiger partial charge in [0.1, 0.15) is 12.3 Å². The first-order valence-electron chi connectivity index (χ1n) is 16.0. The molecule has 3 aliphatic rings. The Balaban J connectivity index is 1.23. The topological polar surface area (TPSA) is 91.9 Å². The quantitative estimate of drug-likeness (QED) is 0.377. The molecular weight excluding hydrogens is 584 g/mol. The Morgan fingerprint density at radius 1 is 0.848 bits per heavy atom. The number of hydrogen-bond acceptors (Lipinski definition) is 7. The lowest BCUT2D eigenvalue weighted by atomic mass is 9.98. The number of carbonyl (C=O) groups is 3. The van der Waals surface area contributed by atoms with Crippen LogP contribution >= 0.6 is 0 Å². The summed E-state index contributed by atoms with van der Waals surface area (Å²) in [7, 11) is 1.81. The number of amides is 3. The highest BCUT2D eigenvalue weighted by atomic mass is 16.5. The average Bonchev–Trinajstić information content (AvgIpc) is 3.09. The standard InChI is InChI=1S/C36H42N4O6/c1-25-19-31-33(20-26(25)2)46-24-35(42)40(31)23-34(41)37(3)32(22-38-11-15-44-16-12-38)28-9-7-27(8-10-28)29-5-4-6-30(21-29)36(43)39-13-17-45-18-14-39/h4-10,19-21,32H,11-18,22-24H2,1-3H3. The zero-order valence-corrected chi connectivity index (χ0v) is 26.9. The van der Waals surface area contributed by atoms with E-state index >= 15 is 0 Å². The summed E-state index contributed by atoms with van der Waals surface area (Å²) in [5, 5.41) is 0. The van der Waals surface area contributed by atoms with E-state index in [1.165, 1.54) is 0 Å². The Kier molecular flexibility index (Phi) is 9.67. The summed E-state index contributed by atoms with van der Waals surface area (Å²) in [4.78, 5) is 47.4. The fourth-order valence-electron chi connectivity index (χ4n) is 6.21. The number of nitrogens with zero attached hydrogens (tertiary/aromatic N) is 4. The summed E-state index contributed by atoms with van der Waals surface area (Å²) in [5.74, 6) is 0.241. The number of benzene rings is 3. The highest BCUT2D eigenvalue weighted by Gasteiger charge is 2.32. The van der Waals surface area contributed by atoms with Gasteiger partial charge in [-0.15, -0.1) is 0 Å². The van der Waals surface area contributed by atoms with E-state index in [1.54, 1.807) is 9.80 Å². The Morgan fingerprint density at radius 2 is 1.52 bits per heavy atom. The van der Waals surface area contributed by atoms with Crippen LogP contribution in [0.2, 0.25) is 0 Å². The van der Waals surface area contributed by atoms with Gasteiger partial charge in [0.2, 0.25) is 5.91 Å². The van der Waals surface area contributed by atoms with Crippen molar-refractivity contribution in [2.75, 3.05) is 84.3 Å². The van der Waals surface area contributed by atoms with E-state index in [-0.39, 0.29) is 36.9 Å². The molecule has 0 N–H and O–H groups in total. The van der Waals surface area contributed by atoms with Crippen LogP contribution in [0.4, 0.5) is 5.69 Å². The molecule has 3 amide bonds. The summed E-state index contributed by atoms with van der Waals surface area (Å²) in [5.41, 5.74) is 6.32. The lowest BCUT2D eigenvalue weighted by Gasteiger charge is -2.37. The number of morpholine rings is 2. The van der Waals surface area contributed by atoms with Crippen molar-refractivity contribution in [2.24, 2.45) is 0 Å². The second-order valence-electron chi connectivity index (χ2n) is 12.2. The number of fused-ring (bicyclic) bond motifs is 1. The molecule has 6 rings (SSSR count). The van der Waals surface area contributed by atoms with Crippen LogP contribution in [0.15, 0.2) is 60.7 Å². The maximum absolute atomic E-state index is 13.9. The van der Waals surface area contributed by atoms with Gasteiger partial charge in [0, 0.05) is 45.3 Å². The normalized spacial score (nSPS) is 17.7. The molecule has 1 unspecified atom stereocenters. The minimum Gasteiger partial charge on any atom is -0.482 e. The van der Waals surface area contributed by atoms with Crippen molar-refractivity contribution in [3.8, 4) is 16.9 Å². The van der Waals surface area contributed by atoms with Crippen LogP contribution in [0.1, 0.15) is 33.1 Å². The molecule has 2 fully saturated rings. The predicted molar refractivity (Wildman–Crippen MR) is 175 cm³/mol. The van der Waals surface area contributed by atoms with Gasteiger partial charge in [-0.25, -0.2) is 0 Å². The number of rotatable bonds is 8. The molecular formula is C36H42N4O6. The molecule has 2 saturated heterocycles. The summed E-state index contributed by atoms with van der Waals surface area (Å²) in [6.07, 6.45) is 0. The van der Waals surface area contributed by atoms with E-state index in [4.69, 9.17) is 14.2 Å². The van der Waals surface area contributed by atoms with Gasteiger partial charge in [-0.2, -0.15) is 0 Å². The van der Waals surface area contributed by atoms with Gasteiger partial charge in [-0.05, 0) is 65.9 Å². The summed E-state index contributed by atoms with van der Waals surface area (Å²) in [6, 6.07) is 19.5. The molecule has 3 heterocycles. The van der Waals surface area contributed by atoms with Gasteiger partial charge in [-0.3, -0.25) is 24.2 Å². The molecule has 1 atom stereocenters. The lowest BCUT2D eigenvalue weighted by molar-refractivity contribution is -0.133. The van der Waals surface area contributed by atoms with Crippen molar-refractivity contribution in [2.45, 2.75) is 19.9 Å². The third-order valence-corrected chi connectivity index (χ3v) is 9.24. The van der Waals surface area contributed by atoms with Gasteiger partial charge in [0.05, 0.1) is 38.2 Å². The highest BCUT2D eigenvalue weighted by Crippen LogP contribution is 2.35. The van der Waals surface area contributed by atoms with Crippen LogP contribution in [0.3, 0.4) is 0 Å². The predicted octanol–water partition coefficient (Wildman–Crippen LogP) is 3.70. The summed E-state index contributed by atoms with van der Waals surface area (Å²) < 4.78 is 16.7. The van der Waals surface area contributed by atoms with Gasteiger partial charge >= 0.3 is 0 Å². The minimum atomic E-state index is -0.246. The van der Waals surface area contributed by atoms with Gasteiger partial charge in [0.15, 0.2) is 6.61 Å². The van der Waals surface area contributed by atoms with Gasteiger partial charge in [0.25, 0.3) is 11.8 Å². The first kappa shape index (κ1) is 31.7. The van der Waals surface area contributed by atoms with E-state index in [1.807, 2.05) is 74.3 Å². The van der Waals surface area contributed by atoms with Crippen LogP contribution in [0, 0.1) is 13.8 Å². The largest absolute Gasteiger partial charge is 0.482 e. The molecule has 0 radical (unpaired) electrons. The van der Waals surface area contributed by atoms with Crippen molar-refractivity contribution in [1.82, 2.24) is 14.7 Å². The maximum atomic E-state index is 13.9.